The van der Waals surface area contributed by atoms with Crippen molar-refractivity contribution in [1.82, 2.24) is 10.3 Å². The van der Waals surface area contributed by atoms with E-state index in [9.17, 15) is 9.59 Å². The summed E-state index contributed by atoms with van der Waals surface area (Å²) in [6.07, 6.45) is 3.44. The highest BCUT2D eigenvalue weighted by molar-refractivity contribution is 5.96. The smallest absolute Gasteiger partial charge is 0.328 e. The maximum Gasteiger partial charge on any atom is 0.328 e. The van der Waals surface area contributed by atoms with Gasteiger partial charge in [0.25, 0.3) is 5.91 Å². The Bertz CT molecular complexity index is 719. The number of methoxy groups -OCH3 is 1. The van der Waals surface area contributed by atoms with Crippen molar-refractivity contribution in [2.75, 3.05) is 7.11 Å². The largest absolute Gasteiger partial charge is 0.467 e. The third kappa shape index (κ3) is 5.14. The lowest BCUT2D eigenvalue weighted by atomic mass is 9.86. The van der Waals surface area contributed by atoms with Crippen molar-refractivity contribution in [3.05, 3.63) is 65.5 Å². The number of esters is 1. The number of pyridine rings is 1. The van der Waals surface area contributed by atoms with Crippen LogP contribution in [-0.2, 0) is 21.4 Å². The zero-order valence-corrected chi connectivity index (χ0v) is 15.1. The summed E-state index contributed by atoms with van der Waals surface area (Å²) < 4.78 is 4.83. The number of nitrogens with zero attached hydrogens (tertiary/aromatic N) is 1. The van der Waals surface area contributed by atoms with Crippen LogP contribution in [0.25, 0.3) is 0 Å². The van der Waals surface area contributed by atoms with Gasteiger partial charge < -0.3 is 10.1 Å². The lowest BCUT2D eigenvalue weighted by Crippen LogP contribution is -2.43. The second-order valence-corrected chi connectivity index (χ2v) is 6.94. The molecule has 5 nitrogen and oxygen atoms in total. The van der Waals surface area contributed by atoms with Gasteiger partial charge in [0.05, 0.1) is 7.11 Å². The number of amides is 1. The first-order chi connectivity index (χ1) is 11.8. The Kier molecular flexibility index (Phi) is 5.91. The SMILES string of the molecule is COC(=O)[C@H](Cc1ccc(C(C)(C)C)cc1)NC(=O)c1ccncc1. The average Bonchev–Trinajstić information content (AvgIpc) is 2.60. The van der Waals surface area contributed by atoms with Crippen LogP contribution in [0, 0.1) is 0 Å². The zero-order chi connectivity index (χ0) is 18.4. The van der Waals surface area contributed by atoms with E-state index in [0.29, 0.717) is 12.0 Å². The summed E-state index contributed by atoms with van der Waals surface area (Å²) in [4.78, 5) is 28.2. The molecule has 0 aliphatic carbocycles. The quantitative estimate of drug-likeness (QED) is 0.850. The Morgan fingerprint density at radius 3 is 2.20 bits per heavy atom. The summed E-state index contributed by atoms with van der Waals surface area (Å²) in [5.74, 6) is -0.800. The molecule has 0 unspecified atom stereocenters. The molecule has 5 heteroatoms. The van der Waals surface area contributed by atoms with Crippen molar-refractivity contribution in [3.63, 3.8) is 0 Å². The molecule has 1 aromatic heterocycles. The Morgan fingerprint density at radius 1 is 1.08 bits per heavy atom. The molecule has 25 heavy (non-hydrogen) atoms. The van der Waals surface area contributed by atoms with Gasteiger partial charge in [-0.15, -0.1) is 0 Å². The van der Waals surface area contributed by atoms with Crippen LogP contribution in [0.1, 0.15) is 42.3 Å². The topological polar surface area (TPSA) is 68.3 Å². The fourth-order valence-electron chi connectivity index (χ4n) is 2.46. The fraction of sp³-hybridized carbons (Fsp3) is 0.350. The maximum atomic E-state index is 12.3. The van der Waals surface area contributed by atoms with E-state index in [2.05, 4.69) is 31.1 Å². The Balaban J connectivity index is 2.13. The first-order valence-electron chi connectivity index (χ1n) is 8.19. The van der Waals surface area contributed by atoms with E-state index in [1.165, 1.54) is 25.1 Å². The minimum Gasteiger partial charge on any atom is -0.467 e. The van der Waals surface area contributed by atoms with E-state index in [1.807, 2.05) is 24.3 Å². The number of benzene rings is 1. The minimum absolute atomic E-state index is 0.0653. The number of aromatic nitrogens is 1. The predicted molar refractivity (Wildman–Crippen MR) is 96.4 cm³/mol. The summed E-state index contributed by atoms with van der Waals surface area (Å²) in [6, 6.07) is 10.5. The number of nitrogens with one attached hydrogen (secondary N) is 1. The second kappa shape index (κ2) is 7.92. The van der Waals surface area contributed by atoms with Gasteiger partial charge >= 0.3 is 5.97 Å². The van der Waals surface area contributed by atoms with Gasteiger partial charge in [-0.3, -0.25) is 9.78 Å². The van der Waals surface area contributed by atoms with E-state index < -0.39 is 12.0 Å². The molecule has 1 amide bonds. The van der Waals surface area contributed by atoms with E-state index >= 15 is 0 Å². The van der Waals surface area contributed by atoms with Crippen LogP contribution < -0.4 is 5.32 Å². The minimum atomic E-state index is -0.744. The van der Waals surface area contributed by atoms with Crippen LogP contribution >= 0.6 is 0 Å². The van der Waals surface area contributed by atoms with Crippen molar-refractivity contribution in [1.29, 1.82) is 0 Å². The van der Waals surface area contributed by atoms with Crippen molar-refractivity contribution < 1.29 is 14.3 Å². The van der Waals surface area contributed by atoms with Crippen LogP contribution in [-0.4, -0.2) is 30.0 Å². The summed E-state index contributed by atoms with van der Waals surface area (Å²) in [7, 11) is 1.32. The molecule has 0 saturated heterocycles. The molecule has 2 aromatic rings. The number of carbonyl (C=O) groups excluding carboxylic acids is 2. The Hall–Kier alpha value is -2.69. The normalized spacial score (nSPS) is 12.3. The molecule has 1 atom stereocenters. The van der Waals surface area contributed by atoms with Gasteiger partial charge in [-0.05, 0) is 28.7 Å². The van der Waals surface area contributed by atoms with Gasteiger partial charge in [0.15, 0.2) is 0 Å². The lowest BCUT2D eigenvalue weighted by Gasteiger charge is -2.20. The summed E-state index contributed by atoms with van der Waals surface area (Å²) in [6.45, 7) is 6.44. The van der Waals surface area contributed by atoms with E-state index in [4.69, 9.17) is 4.74 Å². The van der Waals surface area contributed by atoms with Gasteiger partial charge in [0, 0.05) is 24.4 Å². The molecule has 0 aliphatic heterocycles. The van der Waals surface area contributed by atoms with Crippen LogP contribution in [0.2, 0.25) is 0 Å². The van der Waals surface area contributed by atoms with E-state index in [0.717, 1.165) is 5.56 Å². The molecule has 0 saturated carbocycles. The predicted octanol–water partition coefficient (Wildman–Crippen LogP) is 2.89. The monoisotopic (exact) mass is 340 g/mol. The molecule has 1 heterocycles. The average molecular weight is 340 g/mol. The Labute approximate surface area is 148 Å². The molecule has 2 rings (SSSR count). The van der Waals surface area contributed by atoms with Crippen molar-refractivity contribution >= 4 is 11.9 Å². The molecular formula is C20H24N2O3. The maximum absolute atomic E-state index is 12.3. The van der Waals surface area contributed by atoms with Gasteiger partial charge in [0.2, 0.25) is 0 Å². The number of rotatable bonds is 5. The van der Waals surface area contributed by atoms with Gasteiger partial charge in [-0.1, -0.05) is 45.0 Å². The molecule has 0 fully saturated rings. The van der Waals surface area contributed by atoms with E-state index in [1.54, 1.807) is 12.1 Å². The van der Waals surface area contributed by atoms with Crippen LogP contribution in [0.5, 0.6) is 0 Å². The summed E-state index contributed by atoms with van der Waals surface area (Å²) in [5.41, 5.74) is 2.69. The van der Waals surface area contributed by atoms with Crippen molar-refractivity contribution in [2.45, 2.75) is 38.6 Å². The number of hydrogen-bond acceptors (Lipinski definition) is 4. The first kappa shape index (κ1) is 18.6. The summed E-state index contributed by atoms with van der Waals surface area (Å²) in [5, 5.41) is 2.74. The molecular weight excluding hydrogens is 316 g/mol. The zero-order valence-electron chi connectivity index (χ0n) is 15.1. The molecule has 0 bridgehead atoms. The highest BCUT2D eigenvalue weighted by Crippen LogP contribution is 2.22. The molecule has 0 radical (unpaired) electrons. The fourth-order valence-corrected chi connectivity index (χ4v) is 2.46. The molecule has 0 spiro atoms. The lowest BCUT2D eigenvalue weighted by molar-refractivity contribution is -0.142. The van der Waals surface area contributed by atoms with Crippen LogP contribution in [0.4, 0.5) is 0 Å². The van der Waals surface area contributed by atoms with Crippen LogP contribution in [0.3, 0.4) is 0 Å². The highest BCUT2D eigenvalue weighted by atomic mass is 16.5. The molecule has 1 aromatic carbocycles. The summed E-state index contributed by atoms with van der Waals surface area (Å²) >= 11 is 0. The first-order valence-corrected chi connectivity index (χ1v) is 8.19. The van der Waals surface area contributed by atoms with E-state index in [-0.39, 0.29) is 11.3 Å². The number of hydrogen-bond donors (Lipinski definition) is 1. The Morgan fingerprint density at radius 2 is 1.68 bits per heavy atom. The third-order valence-electron chi connectivity index (χ3n) is 3.99. The third-order valence-corrected chi connectivity index (χ3v) is 3.99. The molecule has 0 aliphatic rings. The van der Waals surface area contributed by atoms with Gasteiger partial charge in [-0.2, -0.15) is 0 Å². The molecule has 132 valence electrons. The number of ether oxygens (including phenoxy) is 1. The standard InChI is InChI=1S/C20H24N2O3/c1-20(2,3)16-7-5-14(6-8-16)13-17(19(24)25-4)22-18(23)15-9-11-21-12-10-15/h5-12,17H,13H2,1-4H3,(H,22,23)/t17-/m0/s1. The van der Waals surface area contributed by atoms with Gasteiger partial charge in [0.1, 0.15) is 6.04 Å². The number of carbonyl (C=O) groups is 2. The second-order valence-electron chi connectivity index (χ2n) is 6.94. The van der Waals surface area contributed by atoms with Crippen molar-refractivity contribution in [2.24, 2.45) is 0 Å². The molecule has 1 N–H and O–H groups in total. The highest BCUT2D eigenvalue weighted by Gasteiger charge is 2.23. The van der Waals surface area contributed by atoms with Crippen LogP contribution in [0.15, 0.2) is 48.8 Å². The van der Waals surface area contributed by atoms with Crippen molar-refractivity contribution in [3.8, 4) is 0 Å². The van der Waals surface area contributed by atoms with Gasteiger partial charge in [-0.25, -0.2) is 4.79 Å².